The van der Waals surface area contributed by atoms with Crippen molar-refractivity contribution in [2.45, 2.75) is 57.9 Å². The van der Waals surface area contributed by atoms with Gasteiger partial charge in [0.2, 0.25) is 0 Å². The van der Waals surface area contributed by atoms with Gasteiger partial charge in [0.05, 0.1) is 0 Å². The minimum absolute atomic E-state index is 0.559. The van der Waals surface area contributed by atoms with Gasteiger partial charge in [0.15, 0.2) is 0 Å². The fourth-order valence-corrected chi connectivity index (χ4v) is 3.03. The van der Waals surface area contributed by atoms with Crippen molar-refractivity contribution < 1.29 is 0 Å². The summed E-state index contributed by atoms with van der Waals surface area (Å²) >= 11 is 0. The van der Waals surface area contributed by atoms with E-state index in [1.54, 1.807) is 0 Å². The summed E-state index contributed by atoms with van der Waals surface area (Å²) in [5.41, 5.74) is 0.559. The predicted molar refractivity (Wildman–Crippen MR) is 69.7 cm³/mol. The zero-order valence-electron chi connectivity index (χ0n) is 11.1. The summed E-state index contributed by atoms with van der Waals surface area (Å²) in [6, 6.07) is 0.824. The normalized spacial score (nSPS) is 28.1. The van der Waals surface area contributed by atoms with E-state index in [0.29, 0.717) is 5.41 Å². The van der Waals surface area contributed by atoms with Crippen LogP contribution in [-0.2, 0) is 0 Å². The summed E-state index contributed by atoms with van der Waals surface area (Å²) in [5.74, 6) is 0. The molecular formula is C14H28N2. The fraction of sp³-hybridized carbons (Fsp3) is 1.00. The zero-order valence-corrected chi connectivity index (χ0v) is 11.1. The van der Waals surface area contributed by atoms with Gasteiger partial charge in [-0.3, -0.25) is 0 Å². The molecule has 0 aromatic carbocycles. The first-order chi connectivity index (χ1) is 7.68. The van der Waals surface area contributed by atoms with Crippen LogP contribution >= 0.6 is 0 Å². The Morgan fingerprint density at radius 2 is 1.75 bits per heavy atom. The molecule has 94 valence electrons. The topological polar surface area (TPSA) is 15.3 Å². The molecule has 2 aliphatic rings. The Bertz CT molecular complexity index is 201. The smallest absolute Gasteiger partial charge is 0.00672 e. The van der Waals surface area contributed by atoms with E-state index in [1.807, 2.05) is 0 Å². The van der Waals surface area contributed by atoms with E-state index < -0.39 is 0 Å². The van der Waals surface area contributed by atoms with E-state index in [-0.39, 0.29) is 0 Å². The van der Waals surface area contributed by atoms with Crippen LogP contribution in [0.15, 0.2) is 0 Å². The molecule has 1 aliphatic heterocycles. The third-order valence-electron chi connectivity index (χ3n) is 4.62. The Labute approximate surface area is 101 Å². The third kappa shape index (κ3) is 3.46. The van der Waals surface area contributed by atoms with E-state index >= 15 is 0 Å². The van der Waals surface area contributed by atoms with E-state index in [4.69, 9.17) is 0 Å². The predicted octanol–water partition coefficient (Wildman–Crippen LogP) is 2.64. The SMILES string of the molecule is CN1CCC(C)(CNC2CCCCC2)CC1. The molecule has 1 N–H and O–H groups in total. The van der Waals surface area contributed by atoms with E-state index in [9.17, 15) is 0 Å². The van der Waals surface area contributed by atoms with Gasteiger partial charge in [0.1, 0.15) is 0 Å². The molecule has 2 heteroatoms. The van der Waals surface area contributed by atoms with Crippen molar-refractivity contribution >= 4 is 0 Å². The minimum Gasteiger partial charge on any atom is -0.313 e. The summed E-state index contributed by atoms with van der Waals surface area (Å²) in [6.45, 7) is 6.27. The molecule has 1 saturated heterocycles. The summed E-state index contributed by atoms with van der Waals surface area (Å²) in [4.78, 5) is 2.46. The molecule has 0 bridgehead atoms. The van der Waals surface area contributed by atoms with E-state index in [1.165, 1.54) is 64.6 Å². The largest absolute Gasteiger partial charge is 0.313 e. The van der Waals surface area contributed by atoms with Crippen molar-refractivity contribution in [2.24, 2.45) is 5.41 Å². The van der Waals surface area contributed by atoms with Crippen LogP contribution in [0.2, 0.25) is 0 Å². The minimum atomic E-state index is 0.559. The molecule has 1 aliphatic carbocycles. The van der Waals surface area contributed by atoms with Gasteiger partial charge in [0.25, 0.3) is 0 Å². The Hall–Kier alpha value is -0.0800. The highest BCUT2D eigenvalue weighted by Gasteiger charge is 2.29. The molecule has 2 rings (SSSR count). The number of rotatable bonds is 3. The number of hydrogen-bond acceptors (Lipinski definition) is 2. The molecule has 0 spiro atoms. The van der Waals surface area contributed by atoms with Gasteiger partial charge in [-0.15, -0.1) is 0 Å². The molecule has 1 heterocycles. The van der Waals surface area contributed by atoms with Crippen molar-refractivity contribution in [2.75, 3.05) is 26.7 Å². The van der Waals surface area contributed by atoms with Crippen LogP contribution in [0, 0.1) is 5.41 Å². The molecule has 1 saturated carbocycles. The fourth-order valence-electron chi connectivity index (χ4n) is 3.03. The van der Waals surface area contributed by atoms with Crippen LogP contribution < -0.4 is 5.32 Å². The van der Waals surface area contributed by atoms with Crippen LogP contribution in [0.5, 0.6) is 0 Å². The first kappa shape index (κ1) is 12.4. The van der Waals surface area contributed by atoms with Gasteiger partial charge < -0.3 is 10.2 Å². The van der Waals surface area contributed by atoms with Gasteiger partial charge in [-0.2, -0.15) is 0 Å². The van der Waals surface area contributed by atoms with Crippen molar-refractivity contribution in [3.8, 4) is 0 Å². The lowest BCUT2D eigenvalue weighted by molar-refractivity contribution is 0.130. The lowest BCUT2D eigenvalue weighted by Gasteiger charge is -2.39. The van der Waals surface area contributed by atoms with Crippen LogP contribution in [0.1, 0.15) is 51.9 Å². The van der Waals surface area contributed by atoms with Crippen LogP contribution in [0.3, 0.4) is 0 Å². The van der Waals surface area contributed by atoms with Crippen LogP contribution in [-0.4, -0.2) is 37.6 Å². The average Bonchev–Trinajstić information content (AvgIpc) is 2.33. The molecule has 0 aromatic heterocycles. The lowest BCUT2D eigenvalue weighted by atomic mass is 9.80. The molecule has 16 heavy (non-hydrogen) atoms. The number of hydrogen-bond donors (Lipinski definition) is 1. The number of likely N-dealkylation sites (tertiary alicyclic amines) is 1. The summed E-state index contributed by atoms with van der Waals surface area (Å²) in [7, 11) is 2.24. The van der Waals surface area contributed by atoms with Crippen molar-refractivity contribution in [3.05, 3.63) is 0 Å². The molecule has 2 nitrogen and oxygen atoms in total. The number of piperidine rings is 1. The first-order valence-corrected chi connectivity index (χ1v) is 7.10. The molecule has 2 fully saturated rings. The summed E-state index contributed by atoms with van der Waals surface area (Å²) in [6.07, 6.45) is 9.90. The monoisotopic (exact) mass is 224 g/mol. The third-order valence-corrected chi connectivity index (χ3v) is 4.62. The molecule has 0 radical (unpaired) electrons. The summed E-state index contributed by atoms with van der Waals surface area (Å²) in [5, 5.41) is 3.83. The highest BCUT2D eigenvalue weighted by Crippen LogP contribution is 2.30. The number of nitrogens with one attached hydrogen (secondary N) is 1. The first-order valence-electron chi connectivity index (χ1n) is 7.10. The molecule has 0 aromatic rings. The molecular weight excluding hydrogens is 196 g/mol. The maximum atomic E-state index is 3.83. The van der Waals surface area contributed by atoms with E-state index in [0.717, 1.165) is 6.04 Å². The molecule has 0 unspecified atom stereocenters. The lowest BCUT2D eigenvalue weighted by Crippen LogP contribution is -2.45. The van der Waals surface area contributed by atoms with Gasteiger partial charge in [-0.1, -0.05) is 26.2 Å². The Morgan fingerprint density at radius 1 is 1.12 bits per heavy atom. The Balaban J connectivity index is 1.71. The second-order valence-electron chi connectivity index (χ2n) is 6.33. The highest BCUT2D eigenvalue weighted by atomic mass is 15.1. The standard InChI is InChI=1S/C14H28N2/c1-14(8-10-16(2)11-9-14)12-15-13-6-4-3-5-7-13/h13,15H,3-12H2,1-2H3. The van der Waals surface area contributed by atoms with Crippen molar-refractivity contribution in [1.82, 2.24) is 10.2 Å². The van der Waals surface area contributed by atoms with E-state index in [2.05, 4.69) is 24.2 Å². The number of nitrogens with zero attached hydrogens (tertiary/aromatic N) is 1. The Kier molecular flexibility index (Phi) is 4.26. The molecule has 0 amide bonds. The zero-order chi connectivity index (χ0) is 11.4. The van der Waals surface area contributed by atoms with Gasteiger partial charge in [-0.25, -0.2) is 0 Å². The van der Waals surface area contributed by atoms with Crippen LogP contribution in [0.25, 0.3) is 0 Å². The second kappa shape index (κ2) is 5.50. The highest BCUT2D eigenvalue weighted by molar-refractivity contribution is 4.85. The maximum absolute atomic E-state index is 3.83. The second-order valence-corrected chi connectivity index (χ2v) is 6.33. The van der Waals surface area contributed by atoms with Gasteiger partial charge >= 0.3 is 0 Å². The summed E-state index contributed by atoms with van der Waals surface area (Å²) < 4.78 is 0. The van der Waals surface area contributed by atoms with Crippen LogP contribution in [0.4, 0.5) is 0 Å². The average molecular weight is 224 g/mol. The van der Waals surface area contributed by atoms with Gasteiger partial charge in [-0.05, 0) is 51.2 Å². The maximum Gasteiger partial charge on any atom is 0.00672 e. The Morgan fingerprint density at radius 3 is 2.38 bits per heavy atom. The van der Waals surface area contributed by atoms with Crippen molar-refractivity contribution in [1.29, 1.82) is 0 Å². The van der Waals surface area contributed by atoms with Crippen molar-refractivity contribution in [3.63, 3.8) is 0 Å². The molecule has 0 atom stereocenters. The quantitative estimate of drug-likeness (QED) is 0.793. The van der Waals surface area contributed by atoms with Gasteiger partial charge in [0, 0.05) is 12.6 Å².